The maximum Gasteiger partial charge on any atom is 0.233 e. The molecule has 0 aromatic heterocycles. The molecule has 1 rings (SSSR count). The van der Waals surface area contributed by atoms with E-state index >= 15 is 0 Å². The van der Waals surface area contributed by atoms with Crippen LogP contribution in [-0.4, -0.2) is 30.7 Å². The summed E-state index contributed by atoms with van der Waals surface area (Å²) < 4.78 is 5.30. The first-order valence-corrected chi connectivity index (χ1v) is 7.56. The van der Waals surface area contributed by atoms with Gasteiger partial charge in [-0.2, -0.15) is 0 Å². The van der Waals surface area contributed by atoms with Crippen LogP contribution in [0.4, 0.5) is 0 Å². The molecule has 1 heterocycles. The number of unbranched alkanes of at least 4 members (excludes halogenated alkanes) is 1. The number of hydrogen-bond acceptors (Lipinski definition) is 3. The summed E-state index contributed by atoms with van der Waals surface area (Å²) in [6.07, 6.45) is 4.54. The van der Waals surface area contributed by atoms with Crippen molar-refractivity contribution in [1.29, 1.82) is 0 Å². The van der Waals surface area contributed by atoms with E-state index in [1.807, 2.05) is 0 Å². The van der Waals surface area contributed by atoms with Crippen molar-refractivity contribution >= 4 is 23.1 Å². The summed E-state index contributed by atoms with van der Waals surface area (Å²) in [5, 5.41) is 2.99. The molecule has 0 aromatic rings. The Morgan fingerprint density at radius 2 is 2.00 bits per heavy atom. The molecular formula is C14H26N2O2S. The highest BCUT2D eigenvalue weighted by molar-refractivity contribution is 7.80. The van der Waals surface area contributed by atoms with Crippen molar-refractivity contribution in [3.8, 4) is 0 Å². The Balaban J connectivity index is 2.39. The van der Waals surface area contributed by atoms with Crippen LogP contribution < -0.4 is 11.1 Å². The third-order valence-corrected chi connectivity index (χ3v) is 4.14. The molecule has 5 heteroatoms. The highest BCUT2D eigenvalue weighted by Crippen LogP contribution is 2.31. The van der Waals surface area contributed by atoms with E-state index in [1.54, 1.807) is 0 Å². The lowest BCUT2D eigenvalue weighted by atomic mass is 9.79. The molecule has 1 fully saturated rings. The van der Waals surface area contributed by atoms with Crippen molar-refractivity contribution in [1.82, 2.24) is 5.32 Å². The summed E-state index contributed by atoms with van der Waals surface area (Å²) in [5.41, 5.74) is 5.10. The zero-order valence-electron chi connectivity index (χ0n) is 12.0. The molecule has 0 radical (unpaired) electrons. The van der Waals surface area contributed by atoms with Crippen LogP contribution in [0.3, 0.4) is 0 Å². The van der Waals surface area contributed by atoms with E-state index < -0.39 is 5.41 Å². The smallest absolute Gasteiger partial charge is 0.233 e. The minimum atomic E-state index is -0.689. The third kappa shape index (κ3) is 4.73. The summed E-state index contributed by atoms with van der Waals surface area (Å²) >= 11 is 5.10. The lowest BCUT2D eigenvalue weighted by Crippen LogP contribution is -2.52. The second kappa shape index (κ2) is 7.80. The maximum atomic E-state index is 12.3. The number of nitrogens with two attached hydrogens (primary N) is 1. The lowest BCUT2D eigenvalue weighted by molar-refractivity contribution is -0.131. The predicted octanol–water partition coefficient (Wildman–Crippen LogP) is 2.01. The molecule has 1 saturated heterocycles. The molecule has 0 unspecified atom stereocenters. The van der Waals surface area contributed by atoms with Crippen molar-refractivity contribution in [2.24, 2.45) is 17.1 Å². The van der Waals surface area contributed by atoms with E-state index in [9.17, 15) is 4.79 Å². The van der Waals surface area contributed by atoms with Gasteiger partial charge in [-0.25, -0.2) is 0 Å². The van der Waals surface area contributed by atoms with Crippen LogP contribution in [0.15, 0.2) is 0 Å². The first-order valence-electron chi connectivity index (χ1n) is 7.15. The summed E-state index contributed by atoms with van der Waals surface area (Å²) in [6.45, 7) is 6.23. The van der Waals surface area contributed by atoms with Crippen LogP contribution in [0.2, 0.25) is 0 Å². The van der Waals surface area contributed by atoms with Gasteiger partial charge >= 0.3 is 0 Å². The molecule has 0 bridgehead atoms. The second-order valence-corrected chi connectivity index (χ2v) is 6.14. The number of carbonyl (C=O) groups is 1. The highest BCUT2D eigenvalue weighted by Gasteiger charge is 2.42. The van der Waals surface area contributed by atoms with E-state index in [0.29, 0.717) is 43.5 Å². The summed E-state index contributed by atoms with van der Waals surface area (Å²) in [4.78, 5) is 12.6. The number of carbonyl (C=O) groups excluding carboxylic acids is 1. The first-order chi connectivity index (χ1) is 8.99. The van der Waals surface area contributed by atoms with Gasteiger partial charge in [-0.1, -0.05) is 38.9 Å². The molecular weight excluding hydrogens is 260 g/mol. The number of ether oxygens (including phenoxy) is 1. The Hall–Kier alpha value is -0.680. The van der Waals surface area contributed by atoms with E-state index in [0.717, 1.165) is 12.8 Å². The minimum Gasteiger partial charge on any atom is -0.392 e. The van der Waals surface area contributed by atoms with Gasteiger partial charge in [-0.15, -0.1) is 0 Å². The normalized spacial score (nSPS) is 18.3. The Morgan fingerprint density at radius 3 is 2.53 bits per heavy atom. The SMILES string of the molecule is CC(C)CCCCNC(=O)C1(C(N)=S)CCOCC1. The molecule has 0 atom stereocenters. The number of thiocarbonyl (C=S) groups is 1. The molecule has 0 spiro atoms. The van der Waals surface area contributed by atoms with Crippen LogP contribution in [0, 0.1) is 11.3 Å². The number of nitrogens with one attached hydrogen (secondary N) is 1. The molecule has 1 aliphatic rings. The van der Waals surface area contributed by atoms with Gasteiger partial charge in [0.1, 0.15) is 5.41 Å². The van der Waals surface area contributed by atoms with E-state index in [2.05, 4.69) is 19.2 Å². The van der Waals surface area contributed by atoms with Gasteiger partial charge < -0.3 is 15.8 Å². The Morgan fingerprint density at radius 1 is 1.37 bits per heavy atom. The number of amides is 1. The van der Waals surface area contributed by atoms with Crippen LogP contribution in [-0.2, 0) is 9.53 Å². The van der Waals surface area contributed by atoms with Crippen molar-refractivity contribution < 1.29 is 9.53 Å². The molecule has 1 aliphatic heterocycles. The van der Waals surface area contributed by atoms with Crippen LogP contribution in [0.25, 0.3) is 0 Å². The molecule has 0 aromatic carbocycles. The predicted molar refractivity (Wildman–Crippen MR) is 81.0 cm³/mol. The molecule has 0 aliphatic carbocycles. The highest BCUT2D eigenvalue weighted by atomic mass is 32.1. The van der Waals surface area contributed by atoms with Gasteiger partial charge in [-0.3, -0.25) is 4.79 Å². The van der Waals surface area contributed by atoms with E-state index in [-0.39, 0.29) is 5.91 Å². The topological polar surface area (TPSA) is 64.4 Å². The molecule has 19 heavy (non-hydrogen) atoms. The number of hydrogen-bond donors (Lipinski definition) is 2. The first kappa shape index (κ1) is 16.4. The van der Waals surface area contributed by atoms with Crippen molar-refractivity contribution in [2.75, 3.05) is 19.8 Å². The zero-order valence-corrected chi connectivity index (χ0v) is 12.9. The van der Waals surface area contributed by atoms with Crippen molar-refractivity contribution in [3.63, 3.8) is 0 Å². The summed E-state index contributed by atoms with van der Waals surface area (Å²) in [5.74, 6) is 0.696. The second-order valence-electron chi connectivity index (χ2n) is 5.70. The van der Waals surface area contributed by atoms with Crippen LogP contribution >= 0.6 is 12.2 Å². The lowest BCUT2D eigenvalue weighted by Gasteiger charge is -2.34. The fraction of sp³-hybridized carbons (Fsp3) is 0.857. The Kier molecular flexibility index (Phi) is 6.72. The van der Waals surface area contributed by atoms with Gasteiger partial charge in [0.25, 0.3) is 0 Å². The monoisotopic (exact) mass is 286 g/mol. The zero-order chi connectivity index (χ0) is 14.3. The molecule has 4 nitrogen and oxygen atoms in total. The average Bonchev–Trinajstić information content (AvgIpc) is 2.38. The quantitative estimate of drug-likeness (QED) is 0.555. The average molecular weight is 286 g/mol. The standard InChI is InChI=1S/C14H26N2O2S/c1-11(2)5-3-4-8-16-13(17)14(12(15)19)6-9-18-10-7-14/h11H,3-10H2,1-2H3,(H2,15,19)(H,16,17). The molecule has 0 saturated carbocycles. The van der Waals surface area contributed by atoms with Gasteiger partial charge in [0.2, 0.25) is 5.91 Å². The van der Waals surface area contributed by atoms with Crippen LogP contribution in [0.1, 0.15) is 46.0 Å². The van der Waals surface area contributed by atoms with Gasteiger partial charge in [-0.05, 0) is 25.2 Å². The fourth-order valence-corrected chi connectivity index (χ4v) is 2.65. The van der Waals surface area contributed by atoms with Crippen molar-refractivity contribution in [3.05, 3.63) is 0 Å². The van der Waals surface area contributed by atoms with Gasteiger partial charge in [0, 0.05) is 19.8 Å². The summed E-state index contributed by atoms with van der Waals surface area (Å²) in [7, 11) is 0. The van der Waals surface area contributed by atoms with Crippen molar-refractivity contribution in [2.45, 2.75) is 46.0 Å². The Bertz CT molecular complexity index is 313. The van der Waals surface area contributed by atoms with E-state index in [1.165, 1.54) is 6.42 Å². The van der Waals surface area contributed by atoms with Gasteiger partial charge in [0.15, 0.2) is 0 Å². The molecule has 3 N–H and O–H groups in total. The fourth-order valence-electron chi connectivity index (χ4n) is 2.35. The number of rotatable bonds is 7. The maximum absolute atomic E-state index is 12.3. The Labute approximate surface area is 121 Å². The summed E-state index contributed by atoms with van der Waals surface area (Å²) in [6, 6.07) is 0. The van der Waals surface area contributed by atoms with E-state index in [4.69, 9.17) is 22.7 Å². The minimum absolute atomic E-state index is 0.0205. The largest absolute Gasteiger partial charge is 0.392 e. The van der Waals surface area contributed by atoms with Crippen LogP contribution in [0.5, 0.6) is 0 Å². The van der Waals surface area contributed by atoms with Gasteiger partial charge in [0.05, 0.1) is 4.99 Å². The molecule has 1 amide bonds. The molecule has 110 valence electrons. The third-order valence-electron chi connectivity index (χ3n) is 3.75.